The molecule has 5 nitrogen and oxygen atoms in total. The molecule has 3 aromatic rings. The van der Waals surface area contributed by atoms with Gasteiger partial charge in [-0.3, -0.25) is 0 Å². The minimum absolute atomic E-state index is 0.306. The molecule has 0 bridgehead atoms. The van der Waals surface area contributed by atoms with Crippen LogP contribution in [0.1, 0.15) is 0 Å². The van der Waals surface area contributed by atoms with Crippen molar-refractivity contribution in [3.63, 3.8) is 0 Å². The van der Waals surface area contributed by atoms with Crippen molar-refractivity contribution in [1.82, 2.24) is 9.55 Å². The van der Waals surface area contributed by atoms with Gasteiger partial charge in [0, 0.05) is 25.5 Å². The standard InChI is InChI=1S/C17H18N2O3S/c1-22-12-11-19-16-6-4-3-5-15(16)18-17(19)13-7-9-14(10-8-13)23(2,20)21/h3-10H,11-12H2,1-2H3. The fourth-order valence-electron chi connectivity index (χ4n) is 2.56. The van der Waals surface area contributed by atoms with E-state index < -0.39 is 9.84 Å². The maximum Gasteiger partial charge on any atom is 0.175 e. The first kappa shape index (κ1) is 15.7. The van der Waals surface area contributed by atoms with Crippen LogP contribution in [-0.2, 0) is 21.1 Å². The van der Waals surface area contributed by atoms with Gasteiger partial charge in [-0.15, -0.1) is 0 Å². The number of nitrogens with zero attached hydrogens (tertiary/aromatic N) is 2. The highest BCUT2D eigenvalue weighted by Gasteiger charge is 2.13. The fraction of sp³-hybridized carbons (Fsp3) is 0.235. The highest BCUT2D eigenvalue weighted by Crippen LogP contribution is 2.25. The van der Waals surface area contributed by atoms with E-state index >= 15 is 0 Å². The van der Waals surface area contributed by atoms with Crippen LogP contribution in [0.15, 0.2) is 53.4 Å². The number of hydrogen-bond donors (Lipinski definition) is 0. The van der Waals surface area contributed by atoms with Gasteiger partial charge in [-0.25, -0.2) is 13.4 Å². The van der Waals surface area contributed by atoms with Crippen molar-refractivity contribution in [2.75, 3.05) is 20.0 Å². The molecule has 0 aliphatic rings. The van der Waals surface area contributed by atoms with Gasteiger partial charge in [-0.05, 0) is 36.4 Å². The third-order valence-corrected chi connectivity index (χ3v) is 4.84. The van der Waals surface area contributed by atoms with Crippen LogP contribution in [-0.4, -0.2) is 37.9 Å². The van der Waals surface area contributed by atoms with Crippen LogP contribution < -0.4 is 0 Å². The second-order valence-electron chi connectivity index (χ2n) is 5.37. The van der Waals surface area contributed by atoms with Gasteiger partial charge in [0.25, 0.3) is 0 Å². The first-order valence-electron chi connectivity index (χ1n) is 7.25. The molecular weight excluding hydrogens is 312 g/mol. The zero-order valence-corrected chi connectivity index (χ0v) is 13.9. The van der Waals surface area contributed by atoms with Gasteiger partial charge in [0.1, 0.15) is 5.82 Å². The number of sulfone groups is 1. The third-order valence-electron chi connectivity index (χ3n) is 3.71. The highest BCUT2D eigenvalue weighted by molar-refractivity contribution is 7.90. The van der Waals surface area contributed by atoms with Crippen molar-refractivity contribution in [3.05, 3.63) is 48.5 Å². The minimum Gasteiger partial charge on any atom is -0.383 e. The normalized spacial score (nSPS) is 11.9. The molecule has 0 N–H and O–H groups in total. The van der Waals surface area contributed by atoms with E-state index in [9.17, 15) is 8.42 Å². The summed E-state index contributed by atoms with van der Waals surface area (Å²) in [5, 5.41) is 0. The van der Waals surface area contributed by atoms with Crippen molar-refractivity contribution in [2.45, 2.75) is 11.4 Å². The third kappa shape index (κ3) is 3.13. The van der Waals surface area contributed by atoms with Gasteiger partial charge in [0.05, 0.1) is 22.5 Å². The average molecular weight is 330 g/mol. The number of fused-ring (bicyclic) bond motifs is 1. The Kier molecular flexibility index (Phi) is 4.19. The molecule has 0 fully saturated rings. The van der Waals surface area contributed by atoms with E-state index in [0.29, 0.717) is 18.0 Å². The van der Waals surface area contributed by atoms with Gasteiger partial charge in [0.15, 0.2) is 9.84 Å². The Morgan fingerprint density at radius 3 is 2.43 bits per heavy atom. The molecule has 3 rings (SSSR count). The van der Waals surface area contributed by atoms with Crippen LogP contribution in [0, 0.1) is 0 Å². The van der Waals surface area contributed by atoms with E-state index in [1.165, 1.54) is 6.26 Å². The Balaban J connectivity index is 2.11. The predicted octanol–water partition coefficient (Wildman–Crippen LogP) is 2.75. The number of para-hydroxylation sites is 2. The Morgan fingerprint density at radius 2 is 1.78 bits per heavy atom. The van der Waals surface area contributed by atoms with Gasteiger partial charge in [0.2, 0.25) is 0 Å². The molecular formula is C17H18N2O3S. The summed E-state index contributed by atoms with van der Waals surface area (Å²) in [4.78, 5) is 4.99. The Hall–Kier alpha value is -2.18. The Bertz CT molecular complexity index is 928. The van der Waals surface area contributed by atoms with E-state index in [4.69, 9.17) is 4.74 Å². The first-order chi connectivity index (χ1) is 11.0. The minimum atomic E-state index is -3.20. The molecule has 2 aromatic carbocycles. The quantitative estimate of drug-likeness (QED) is 0.722. The molecule has 0 spiro atoms. The smallest absolute Gasteiger partial charge is 0.175 e. The SMILES string of the molecule is COCCn1c(-c2ccc(S(C)(=O)=O)cc2)nc2ccccc21. The second-order valence-corrected chi connectivity index (χ2v) is 7.38. The summed E-state index contributed by atoms with van der Waals surface area (Å²) in [5.41, 5.74) is 2.82. The van der Waals surface area contributed by atoms with Crippen LogP contribution in [0.5, 0.6) is 0 Å². The highest BCUT2D eigenvalue weighted by atomic mass is 32.2. The van der Waals surface area contributed by atoms with Gasteiger partial charge in [-0.1, -0.05) is 12.1 Å². The Morgan fingerprint density at radius 1 is 1.09 bits per heavy atom. The molecule has 23 heavy (non-hydrogen) atoms. The van der Waals surface area contributed by atoms with Crippen LogP contribution >= 0.6 is 0 Å². The number of ether oxygens (including phenoxy) is 1. The fourth-order valence-corrected chi connectivity index (χ4v) is 3.19. The lowest BCUT2D eigenvalue weighted by Gasteiger charge is -2.09. The van der Waals surface area contributed by atoms with Crippen LogP contribution in [0.2, 0.25) is 0 Å². The molecule has 120 valence electrons. The molecule has 0 atom stereocenters. The van der Waals surface area contributed by atoms with Crippen molar-refractivity contribution in [3.8, 4) is 11.4 Å². The number of aromatic nitrogens is 2. The summed E-state index contributed by atoms with van der Waals surface area (Å²) in [5.74, 6) is 0.809. The number of methoxy groups -OCH3 is 1. The molecule has 0 saturated heterocycles. The second kappa shape index (κ2) is 6.14. The number of rotatable bonds is 5. The molecule has 0 aliphatic carbocycles. The summed E-state index contributed by atoms with van der Waals surface area (Å²) in [6.07, 6.45) is 1.20. The number of hydrogen-bond acceptors (Lipinski definition) is 4. The lowest BCUT2D eigenvalue weighted by molar-refractivity contribution is 0.188. The molecule has 1 aromatic heterocycles. The first-order valence-corrected chi connectivity index (χ1v) is 9.14. The maximum absolute atomic E-state index is 11.6. The van der Waals surface area contributed by atoms with E-state index in [1.54, 1.807) is 31.4 Å². The molecule has 6 heteroatoms. The van der Waals surface area contributed by atoms with Crippen molar-refractivity contribution >= 4 is 20.9 Å². The summed E-state index contributed by atoms with van der Waals surface area (Å²) in [6, 6.07) is 14.7. The summed E-state index contributed by atoms with van der Waals surface area (Å²) in [7, 11) is -1.53. The predicted molar refractivity (Wildman–Crippen MR) is 90.2 cm³/mol. The lowest BCUT2D eigenvalue weighted by atomic mass is 10.2. The number of benzene rings is 2. The summed E-state index contributed by atoms with van der Waals surface area (Å²) in [6.45, 7) is 1.26. The van der Waals surface area contributed by atoms with Gasteiger partial charge < -0.3 is 9.30 Å². The van der Waals surface area contributed by atoms with Crippen molar-refractivity contribution < 1.29 is 13.2 Å². The van der Waals surface area contributed by atoms with Crippen molar-refractivity contribution in [1.29, 1.82) is 0 Å². The Labute approximate surface area is 135 Å². The van der Waals surface area contributed by atoms with E-state index in [1.807, 2.05) is 24.3 Å². The lowest BCUT2D eigenvalue weighted by Crippen LogP contribution is -2.06. The van der Waals surface area contributed by atoms with Gasteiger partial charge in [-0.2, -0.15) is 0 Å². The summed E-state index contributed by atoms with van der Waals surface area (Å²) < 4.78 is 30.5. The largest absolute Gasteiger partial charge is 0.383 e. The zero-order chi connectivity index (χ0) is 16.4. The van der Waals surface area contributed by atoms with Crippen molar-refractivity contribution in [2.24, 2.45) is 0 Å². The number of imidazole rings is 1. The van der Waals surface area contributed by atoms with E-state index in [-0.39, 0.29) is 0 Å². The van der Waals surface area contributed by atoms with Crippen LogP contribution in [0.4, 0.5) is 0 Å². The van der Waals surface area contributed by atoms with Crippen LogP contribution in [0.3, 0.4) is 0 Å². The monoisotopic (exact) mass is 330 g/mol. The molecule has 0 unspecified atom stereocenters. The molecule has 0 amide bonds. The van der Waals surface area contributed by atoms with E-state index in [2.05, 4.69) is 9.55 Å². The maximum atomic E-state index is 11.6. The molecule has 0 aliphatic heterocycles. The van der Waals surface area contributed by atoms with Gasteiger partial charge >= 0.3 is 0 Å². The zero-order valence-electron chi connectivity index (χ0n) is 13.1. The molecule has 0 saturated carbocycles. The van der Waals surface area contributed by atoms with E-state index in [0.717, 1.165) is 22.4 Å². The molecule has 1 heterocycles. The molecule has 0 radical (unpaired) electrons. The topological polar surface area (TPSA) is 61.2 Å². The van der Waals surface area contributed by atoms with Crippen LogP contribution in [0.25, 0.3) is 22.4 Å². The average Bonchev–Trinajstić information content (AvgIpc) is 2.91. The summed E-state index contributed by atoms with van der Waals surface area (Å²) >= 11 is 0.